The summed E-state index contributed by atoms with van der Waals surface area (Å²) in [7, 11) is 0. The highest BCUT2D eigenvalue weighted by Crippen LogP contribution is 2.31. The van der Waals surface area contributed by atoms with Gasteiger partial charge in [0.1, 0.15) is 11.5 Å². The molecule has 4 heteroatoms. The van der Waals surface area contributed by atoms with Gasteiger partial charge in [-0.25, -0.2) is 0 Å². The Bertz CT molecular complexity index is 610. The number of aromatic hydroxyl groups is 1. The van der Waals surface area contributed by atoms with E-state index in [1.807, 2.05) is 12.1 Å². The van der Waals surface area contributed by atoms with Gasteiger partial charge in [-0.2, -0.15) is 0 Å². The van der Waals surface area contributed by atoms with Crippen LogP contribution in [0.5, 0.6) is 11.5 Å². The molecule has 1 N–H and O–H groups in total. The molecule has 3 rings (SSSR count). The summed E-state index contributed by atoms with van der Waals surface area (Å²) in [4.78, 5) is 16.4. The summed E-state index contributed by atoms with van der Waals surface area (Å²) in [5, 5.41) is 9.38. The first-order valence-corrected chi connectivity index (χ1v) is 6.13. The number of Topliss-reactive ketones (excluding diaryl/α,β-unsaturated/α-hetero) is 1. The van der Waals surface area contributed by atoms with Crippen molar-refractivity contribution in [3.8, 4) is 11.5 Å². The van der Waals surface area contributed by atoms with Crippen LogP contribution in [0.1, 0.15) is 15.9 Å². The number of hydrogen-bond acceptors (Lipinski definition) is 4. The molecule has 0 radical (unpaired) electrons. The maximum absolute atomic E-state index is 12.4. The number of pyridine rings is 1. The maximum atomic E-state index is 12.4. The van der Waals surface area contributed by atoms with Gasteiger partial charge in [0.05, 0.1) is 18.1 Å². The Morgan fingerprint density at radius 1 is 1.37 bits per heavy atom. The summed E-state index contributed by atoms with van der Waals surface area (Å²) in [5.74, 6) is 0.441. The average Bonchev–Trinajstić information content (AvgIpc) is 2.43. The molecule has 1 aliphatic rings. The van der Waals surface area contributed by atoms with Crippen LogP contribution in [0.25, 0.3) is 0 Å². The van der Waals surface area contributed by atoms with Gasteiger partial charge in [0, 0.05) is 18.5 Å². The van der Waals surface area contributed by atoms with Crippen LogP contribution in [0.15, 0.2) is 42.7 Å². The molecule has 1 atom stereocenters. The predicted octanol–water partition coefficient (Wildman–Crippen LogP) is 2.22. The minimum atomic E-state index is -0.193. The van der Waals surface area contributed by atoms with Gasteiger partial charge in [-0.1, -0.05) is 6.07 Å². The van der Waals surface area contributed by atoms with Crippen LogP contribution in [-0.4, -0.2) is 22.5 Å². The molecule has 2 aromatic rings. The highest BCUT2D eigenvalue weighted by Gasteiger charge is 2.29. The van der Waals surface area contributed by atoms with Gasteiger partial charge >= 0.3 is 0 Å². The number of nitrogens with zero attached hydrogens (tertiary/aromatic N) is 1. The van der Waals surface area contributed by atoms with Crippen LogP contribution in [0, 0.1) is 5.92 Å². The van der Waals surface area contributed by atoms with E-state index in [2.05, 4.69) is 4.98 Å². The van der Waals surface area contributed by atoms with Gasteiger partial charge in [0.2, 0.25) is 0 Å². The van der Waals surface area contributed by atoms with E-state index in [0.717, 1.165) is 5.56 Å². The monoisotopic (exact) mass is 255 g/mol. The second-order valence-corrected chi connectivity index (χ2v) is 4.62. The number of benzene rings is 1. The van der Waals surface area contributed by atoms with Crippen molar-refractivity contribution in [2.24, 2.45) is 5.92 Å². The third-order valence-electron chi connectivity index (χ3n) is 3.25. The molecule has 1 unspecified atom stereocenters. The van der Waals surface area contributed by atoms with E-state index in [1.165, 1.54) is 12.1 Å². The number of rotatable bonds is 2. The predicted molar refractivity (Wildman–Crippen MR) is 69.4 cm³/mol. The third kappa shape index (κ3) is 2.29. The van der Waals surface area contributed by atoms with E-state index in [0.29, 0.717) is 24.3 Å². The van der Waals surface area contributed by atoms with Crippen molar-refractivity contribution in [2.75, 3.05) is 6.61 Å². The van der Waals surface area contributed by atoms with Gasteiger partial charge < -0.3 is 9.84 Å². The second-order valence-electron chi connectivity index (χ2n) is 4.62. The minimum absolute atomic E-state index is 0.0603. The van der Waals surface area contributed by atoms with Gasteiger partial charge in [-0.15, -0.1) is 0 Å². The molecule has 1 aliphatic heterocycles. The molecule has 4 nitrogen and oxygen atoms in total. The average molecular weight is 255 g/mol. The number of fused-ring (bicyclic) bond motifs is 1. The molecule has 0 aliphatic carbocycles. The molecule has 0 spiro atoms. The summed E-state index contributed by atoms with van der Waals surface area (Å²) in [6.07, 6.45) is 4.09. The molecule has 0 amide bonds. The lowest BCUT2D eigenvalue weighted by Gasteiger charge is -2.24. The quantitative estimate of drug-likeness (QED) is 0.893. The Morgan fingerprint density at radius 3 is 3.05 bits per heavy atom. The maximum Gasteiger partial charge on any atom is 0.173 e. The van der Waals surface area contributed by atoms with E-state index < -0.39 is 0 Å². The van der Waals surface area contributed by atoms with Crippen LogP contribution < -0.4 is 4.74 Å². The second kappa shape index (κ2) is 4.72. The first-order valence-electron chi connectivity index (χ1n) is 6.13. The number of carbonyl (C=O) groups excluding carboxylic acids is 1. The zero-order valence-electron chi connectivity index (χ0n) is 10.2. The van der Waals surface area contributed by atoms with E-state index in [4.69, 9.17) is 4.74 Å². The fourth-order valence-electron chi connectivity index (χ4n) is 2.27. The smallest absolute Gasteiger partial charge is 0.173 e. The number of ether oxygens (including phenoxy) is 1. The zero-order chi connectivity index (χ0) is 13.2. The van der Waals surface area contributed by atoms with Crippen LogP contribution in [0.4, 0.5) is 0 Å². The van der Waals surface area contributed by atoms with Crippen LogP contribution in [0.2, 0.25) is 0 Å². The van der Waals surface area contributed by atoms with E-state index in [9.17, 15) is 9.90 Å². The number of carbonyl (C=O) groups is 1. The Labute approximate surface area is 110 Å². The largest absolute Gasteiger partial charge is 0.508 e. The molecular formula is C15H13NO3. The van der Waals surface area contributed by atoms with Gasteiger partial charge in [0.15, 0.2) is 5.78 Å². The zero-order valence-corrected chi connectivity index (χ0v) is 10.2. The molecule has 1 aromatic carbocycles. The Balaban J connectivity index is 1.84. The first kappa shape index (κ1) is 11.7. The van der Waals surface area contributed by atoms with E-state index in [1.54, 1.807) is 18.5 Å². The summed E-state index contributed by atoms with van der Waals surface area (Å²) in [5.41, 5.74) is 1.56. The SMILES string of the molecule is O=C1c2ccc(O)cc2OCC1Cc1cccnc1. The van der Waals surface area contributed by atoms with Crippen LogP contribution in [-0.2, 0) is 6.42 Å². The summed E-state index contributed by atoms with van der Waals surface area (Å²) in [6, 6.07) is 8.41. The topological polar surface area (TPSA) is 59.4 Å². The molecule has 0 fully saturated rings. The minimum Gasteiger partial charge on any atom is -0.508 e. The molecule has 0 bridgehead atoms. The van der Waals surface area contributed by atoms with Crippen molar-refractivity contribution in [2.45, 2.75) is 6.42 Å². The summed E-state index contributed by atoms with van der Waals surface area (Å²) in [6.45, 7) is 0.337. The fourth-order valence-corrected chi connectivity index (χ4v) is 2.27. The van der Waals surface area contributed by atoms with Crippen molar-refractivity contribution < 1.29 is 14.6 Å². The van der Waals surface area contributed by atoms with Crippen molar-refractivity contribution in [1.82, 2.24) is 4.98 Å². The first-order chi connectivity index (χ1) is 9.24. The number of aromatic nitrogens is 1. The van der Waals surface area contributed by atoms with Crippen molar-refractivity contribution in [1.29, 1.82) is 0 Å². The summed E-state index contributed by atoms with van der Waals surface area (Å²) >= 11 is 0. The van der Waals surface area contributed by atoms with Crippen LogP contribution in [0.3, 0.4) is 0 Å². The lowest BCUT2D eigenvalue weighted by Crippen LogP contribution is -2.29. The Kier molecular flexibility index (Phi) is 2.91. The lowest BCUT2D eigenvalue weighted by atomic mass is 9.90. The lowest BCUT2D eigenvalue weighted by molar-refractivity contribution is 0.0830. The van der Waals surface area contributed by atoms with Gasteiger partial charge in [-0.3, -0.25) is 9.78 Å². The number of phenolic OH excluding ortho intramolecular Hbond substituents is 1. The third-order valence-corrected chi connectivity index (χ3v) is 3.25. The van der Waals surface area contributed by atoms with Gasteiger partial charge in [0.25, 0.3) is 0 Å². The molecule has 96 valence electrons. The molecular weight excluding hydrogens is 242 g/mol. The van der Waals surface area contributed by atoms with Gasteiger partial charge in [-0.05, 0) is 30.2 Å². The number of phenols is 1. The van der Waals surface area contributed by atoms with Crippen molar-refractivity contribution >= 4 is 5.78 Å². The molecule has 0 saturated heterocycles. The molecule has 19 heavy (non-hydrogen) atoms. The Hall–Kier alpha value is -2.36. The highest BCUT2D eigenvalue weighted by atomic mass is 16.5. The highest BCUT2D eigenvalue weighted by molar-refractivity contribution is 6.01. The van der Waals surface area contributed by atoms with Crippen molar-refractivity contribution in [3.05, 3.63) is 53.9 Å². The standard InChI is InChI=1S/C15H13NO3/c17-12-3-4-13-14(7-12)19-9-11(15(13)18)6-10-2-1-5-16-8-10/h1-5,7-8,11,17H,6,9H2. The Morgan fingerprint density at radius 2 is 2.26 bits per heavy atom. The molecule has 0 saturated carbocycles. The normalized spacial score (nSPS) is 17.7. The van der Waals surface area contributed by atoms with Crippen molar-refractivity contribution in [3.63, 3.8) is 0 Å². The molecule has 2 heterocycles. The van der Waals surface area contributed by atoms with E-state index in [-0.39, 0.29) is 17.5 Å². The number of ketones is 1. The van der Waals surface area contributed by atoms with Crippen LogP contribution >= 0.6 is 0 Å². The summed E-state index contributed by atoms with van der Waals surface area (Å²) < 4.78 is 5.56. The fraction of sp³-hybridized carbons (Fsp3) is 0.200. The molecule has 1 aromatic heterocycles. The van der Waals surface area contributed by atoms with E-state index >= 15 is 0 Å². The number of hydrogen-bond donors (Lipinski definition) is 1.